The maximum absolute atomic E-state index is 12.0. The van der Waals surface area contributed by atoms with E-state index in [4.69, 9.17) is 9.47 Å². The van der Waals surface area contributed by atoms with Gasteiger partial charge in [-0.1, -0.05) is 0 Å². The number of ether oxygens (including phenoxy) is 2. The zero-order valence-electron chi connectivity index (χ0n) is 11.2. The van der Waals surface area contributed by atoms with E-state index in [0.717, 1.165) is 0 Å². The molecule has 0 atom stereocenters. The maximum Gasteiger partial charge on any atom is 0.251 e. The van der Waals surface area contributed by atoms with Gasteiger partial charge in [0, 0.05) is 31.0 Å². The lowest BCUT2D eigenvalue weighted by Crippen LogP contribution is -2.28. The monoisotopic (exact) mass is 286 g/mol. The van der Waals surface area contributed by atoms with Gasteiger partial charge in [0.25, 0.3) is 5.91 Å². The van der Waals surface area contributed by atoms with Crippen LogP contribution in [0.4, 0.5) is 5.82 Å². The molecular formula is C14H14N4O3. The van der Waals surface area contributed by atoms with Gasteiger partial charge >= 0.3 is 0 Å². The minimum absolute atomic E-state index is 0.158. The van der Waals surface area contributed by atoms with Crippen LogP contribution in [0.15, 0.2) is 36.8 Å². The van der Waals surface area contributed by atoms with E-state index in [9.17, 15) is 4.79 Å². The van der Waals surface area contributed by atoms with Crippen LogP contribution in [0.25, 0.3) is 0 Å². The Hall–Kier alpha value is -2.83. The number of amides is 1. The van der Waals surface area contributed by atoms with Crippen molar-refractivity contribution in [3.8, 4) is 11.5 Å². The molecular weight excluding hydrogens is 272 g/mol. The molecule has 1 aliphatic rings. The fraction of sp³-hybridized carbons (Fsp3) is 0.214. The molecule has 0 saturated heterocycles. The summed E-state index contributed by atoms with van der Waals surface area (Å²) in [5.74, 6) is 1.78. The average molecular weight is 286 g/mol. The predicted molar refractivity (Wildman–Crippen MR) is 75.4 cm³/mol. The molecule has 1 aromatic carbocycles. The van der Waals surface area contributed by atoms with Crippen molar-refractivity contribution in [2.75, 3.05) is 25.2 Å². The van der Waals surface area contributed by atoms with Crippen LogP contribution in [0.5, 0.6) is 11.5 Å². The number of carbonyl (C=O) groups excluding carboxylic acids is 1. The molecule has 1 aliphatic heterocycles. The van der Waals surface area contributed by atoms with E-state index >= 15 is 0 Å². The lowest BCUT2D eigenvalue weighted by Gasteiger charge is -2.07. The van der Waals surface area contributed by atoms with Crippen molar-refractivity contribution in [1.29, 1.82) is 0 Å². The molecule has 0 fully saturated rings. The van der Waals surface area contributed by atoms with E-state index in [1.165, 1.54) is 0 Å². The molecule has 3 rings (SSSR count). The van der Waals surface area contributed by atoms with Gasteiger partial charge < -0.3 is 20.1 Å². The molecule has 0 bridgehead atoms. The first kappa shape index (κ1) is 13.2. The van der Waals surface area contributed by atoms with Crippen LogP contribution >= 0.6 is 0 Å². The third-order valence-electron chi connectivity index (χ3n) is 2.91. The van der Waals surface area contributed by atoms with Crippen LogP contribution in [0.3, 0.4) is 0 Å². The summed E-state index contributed by atoms with van der Waals surface area (Å²) in [7, 11) is 0. The highest BCUT2D eigenvalue weighted by Gasteiger charge is 2.15. The van der Waals surface area contributed by atoms with Gasteiger partial charge in [-0.25, -0.2) is 4.98 Å². The van der Waals surface area contributed by atoms with E-state index in [2.05, 4.69) is 20.6 Å². The third-order valence-corrected chi connectivity index (χ3v) is 2.91. The number of nitrogens with one attached hydrogen (secondary N) is 2. The van der Waals surface area contributed by atoms with Crippen LogP contribution in [-0.4, -0.2) is 35.8 Å². The summed E-state index contributed by atoms with van der Waals surface area (Å²) in [6.45, 7) is 1.24. The zero-order chi connectivity index (χ0) is 14.5. The van der Waals surface area contributed by atoms with Crippen molar-refractivity contribution in [2.45, 2.75) is 0 Å². The second-order valence-corrected chi connectivity index (χ2v) is 4.34. The van der Waals surface area contributed by atoms with E-state index in [-0.39, 0.29) is 12.7 Å². The smallest absolute Gasteiger partial charge is 0.251 e. The summed E-state index contributed by atoms with van der Waals surface area (Å²) in [5, 5.41) is 5.87. The second-order valence-electron chi connectivity index (χ2n) is 4.34. The summed E-state index contributed by atoms with van der Waals surface area (Å²) in [6, 6.07) is 5.11. The Morgan fingerprint density at radius 3 is 2.95 bits per heavy atom. The molecule has 1 aromatic heterocycles. The molecule has 7 heteroatoms. The summed E-state index contributed by atoms with van der Waals surface area (Å²) in [6.07, 6.45) is 4.83. The standard InChI is InChI=1S/C14H14N4O3/c19-14(10-1-2-11-12(7-10)21-9-20-11)18-6-5-17-13-8-15-3-4-16-13/h1-4,7-8H,5-6,9H2,(H,16,17)(H,18,19). The first-order chi connectivity index (χ1) is 10.3. The van der Waals surface area contributed by atoms with Crippen molar-refractivity contribution < 1.29 is 14.3 Å². The van der Waals surface area contributed by atoms with Gasteiger partial charge in [0.2, 0.25) is 6.79 Å². The lowest BCUT2D eigenvalue weighted by atomic mass is 10.2. The number of carbonyl (C=O) groups is 1. The van der Waals surface area contributed by atoms with E-state index < -0.39 is 0 Å². The molecule has 0 unspecified atom stereocenters. The maximum atomic E-state index is 12.0. The highest BCUT2D eigenvalue weighted by molar-refractivity contribution is 5.94. The highest BCUT2D eigenvalue weighted by Crippen LogP contribution is 2.32. The number of nitrogens with zero attached hydrogens (tertiary/aromatic N) is 2. The quantitative estimate of drug-likeness (QED) is 0.799. The van der Waals surface area contributed by atoms with Gasteiger partial charge in [-0.15, -0.1) is 0 Å². The molecule has 2 heterocycles. The minimum Gasteiger partial charge on any atom is -0.454 e. The normalized spacial score (nSPS) is 12.0. The predicted octanol–water partition coefficient (Wildman–Crippen LogP) is 1.05. The van der Waals surface area contributed by atoms with E-state index in [0.29, 0.717) is 36.0 Å². The fourth-order valence-corrected chi connectivity index (χ4v) is 1.90. The molecule has 2 N–H and O–H groups in total. The van der Waals surface area contributed by atoms with Gasteiger partial charge in [0.1, 0.15) is 5.82 Å². The number of aromatic nitrogens is 2. The van der Waals surface area contributed by atoms with Crippen LogP contribution in [0.1, 0.15) is 10.4 Å². The van der Waals surface area contributed by atoms with Crippen LogP contribution < -0.4 is 20.1 Å². The Morgan fingerprint density at radius 2 is 2.10 bits per heavy atom. The molecule has 0 spiro atoms. The average Bonchev–Trinajstić information content (AvgIpc) is 3.00. The Kier molecular flexibility index (Phi) is 3.81. The molecule has 0 aliphatic carbocycles. The Balaban J connectivity index is 1.48. The Labute approximate surface area is 121 Å². The SMILES string of the molecule is O=C(NCCNc1cnccn1)c1ccc2c(c1)OCO2. The van der Waals surface area contributed by atoms with Crippen molar-refractivity contribution in [1.82, 2.24) is 15.3 Å². The lowest BCUT2D eigenvalue weighted by molar-refractivity contribution is 0.0954. The number of hydrogen-bond acceptors (Lipinski definition) is 6. The minimum atomic E-state index is -0.158. The number of anilines is 1. The Bertz CT molecular complexity index is 633. The largest absolute Gasteiger partial charge is 0.454 e. The third kappa shape index (κ3) is 3.19. The number of benzene rings is 1. The van der Waals surface area contributed by atoms with Gasteiger partial charge in [0.15, 0.2) is 11.5 Å². The molecule has 7 nitrogen and oxygen atoms in total. The second kappa shape index (κ2) is 6.08. The van der Waals surface area contributed by atoms with Gasteiger partial charge in [-0.3, -0.25) is 9.78 Å². The Morgan fingerprint density at radius 1 is 1.19 bits per heavy atom. The van der Waals surface area contributed by atoms with Crippen molar-refractivity contribution in [3.05, 3.63) is 42.4 Å². The zero-order valence-corrected chi connectivity index (χ0v) is 11.2. The van der Waals surface area contributed by atoms with Crippen molar-refractivity contribution >= 4 is 11.7 Å². The van der Waals surface area contributed by atoms with Crippen LogP contribution in [0.2, 0.25) is 0 Å². The number of hydrogen-bond donors (Lipinski definition) is 2. The molecule has 2 aromatic rings. The molecule has 0 radical (unpaired) electrons. The van der Waals surface area contributed by atoms with Crippen LogP contribution in [0, 0.1) is 0 Å². The molecule has 21 heavy (non-hydrogen) atoms. The van der Waals surface area contributed by atoms with Gasteiger partial charge in [-0.05, 0) is 18.2 Å². The van der Waals surface area contributed by atoms with E-state index in [1.807, 2.05) is 0 Å². The fourth-order valence-electron chi connectivity index (χ4n) is 1.90. The number of fused-ring (bicyclic) bond motifs is 1. The van der Waals surface area contributed by atoms with Gasteiger partial charge in [0.05, 0.1) is 6.20 Å². The molecule has 1 amide bonds. The summed E-state index contributed by atoms with van der Waals surface area (Å²) in [5.41, 5.74) is 0.541. The summed E-state index contributed by atoms with van der Waals surface area (Å²) >= 11 is 0. The summed E-state index contributed by atoms with van der Waals surface area (Å²) in [4.78, 5) is 20.0. The van der Waals surface area contributed by atoms with Gasteiger partial charge in [-0.2, -0.15) is 0 Å². The molecule has 0 saturated carbocycles. The van der Waals surface area contributed by atoms with Crippen molar-refractivity contribution in [3.63, 3.8) is 0 Å². The highest BCUT2D eigenvalue weighted by atomic mass is 16.7. The number of rotatable bonds is 5. The van der Waals surface area contributed by atoms with Crippen molar-refractivity contribution in [2.24, 2.45) is 0 Å². The van der Waals surface area contributed by atoms with E-state index in [1.54, 1.807) is 36.8 Å². The first-order valence-corrected chi connectivity index (χ1v) is 6.51. The summed E-state index contributed by atoms with van der Waals surface area (Å²) < 4.78 is 10.4. The van der Waals surface area contributed by atoms with Crippen LogP contribution in [-0.2, 0) is 0 Å². The first-order valence-electron chi connectivity index (χ1n) is 6.51. The topological polar surface area (TPSA) is 85.4 Å². The molecule has 108 valence electrons.